The van der Waals surface area contributed by atoms with E-state index in [1.54, 1.807) is 0 Å². The Hall–Kier alpha value is -0.340. The summed E-state index contributed by atoms with van der Waals surface area (Å²) in [4.78, 5) is 2.20. The predicted molar refractivity (Wildman–Crippen MR) is 60.3 cm³/mol. The molecule has 1 aliphatic rings. The van der Waals surface area contributed by atoms with Gasteiger partial charge in [-0.15, -0.1) is 0 Å². The number of likely N-dealkylation sites (N-methyl/N-ethyl adjacent to an activating group) is 1. The molecule has 1 aliphatic carbocycles. The lowest BCUT2D eigenvalue weighted by Gasteiger charge is -2.45. The van der Waals surface area contributed by atoms with Crippen molar-refractivity contribution in [3.8, 4) is 0 Å². The second-order valence-corrected chi connectivity index (χ2v) is 4.81. The Bertz CT molecular complexity index is 212. The summed E-state index contributed by atoms with van der Waals surface area (Å²) in [5.74, 6) is 0. The molecule has 0 heterocycles. The maximum atomic E-state index is 10.1. The highest BCUT2D eigenvalue weighted by atomic mass is 16.3. The Kier molecular flexibility index (Phi) is 3.73. The monoisotopic (exact) mass is 197 g/mol. The van der Waals surface area contributed by atoms with E-state index in [1.165, 1.54) is 0 Å². The van der Waals surface area contributed by atoms with Crippen molar-refractivity contribution in [3.63, 3.8) is 0 Å². The normalized spacial score (nSPS) is 34.9. The Morgan fingerprint density at radius 3 is 2.71 bits per heavy atom. The number of allylic oxidation sites excluding steroid dienone is 1. The van der Waals surface area contributed by atoms with Gasteiger partial charge in [-0.05, 0) is 33.4 Å². The van der Waals surface area contributed by atoms with E-state index in [0.29, 0.717) is 6.04 Å². The van der Waals surface area contributed by atoms with Crippen LogP contribution in [0.25, 0.3) is 0 Å². The predicted octanol–water partition coefficient (Wildman–Crippen LogP) is 2.04. The van der Waals surface area contributed by atoms with Gasteiger partial charge in [0.1, 0.15) is 0 Å². The van der Waals surface area contributed by atoms with Gasteiger partial charge in [-0.3, -0.25) is 0 Å². The molecule has 0 saturated carbocycles. The van der Waals surface area contributed by atoms with Crippen molar-refractivity contribution >= 4 is 0 Å². The van der Waals surface area contributed by atoms with Crippen LogP contribution in [-0.2, 0) is 0 Å². The topological polar surface area (TPSA) is 23.5 Å². The molecule has 0 fully saturated rings. The fourth-order valence-electron chi connectivity index (χ4n) is 2.58. The van der Waals surface area contributed by atoms with Gasteiger partial charge in [0.15, 0.2) is 0 Å². The first-order valence-corrected chi connectivity index (χ1v) is 5.53. The quantitative estimate of drug-likeness (QED) is 0.700. The van der Waals surface area contributed by atoms with E-state index < -0.39 is 0 Å². The molecule has 2 heteroatoms. The molecule has 0 aromatic heterocycles. The second-order valence-electron chi connectivity index (χ2n) is 4.81. The molecule has 1 N–H and O–H groups in total. The van der Waals surface area contributed by atoms with Crippen LogP contribution in [0.2, 0.25) is 0 Å². The van der Waals surface area contributed by atoms with Gasteiger partial charge in [-0.25, -0.2) is 0 Å². The summed E-state index contributed by atoms with van der Waals surface area (Å²) in [6.07, 6.45) is 7.30. The van der Waals surface area contributed by atoms with Crippen molar-refractivity contribution < 1.29 is 5.11 Å². The minimum atomic E-state index is -0.195. The SMILES string of the molecule is CC[C@@H](O)[C@@]1(C)CCC=C[C@H]1N(C)C. The first kappa shape index (κ1) is 11.7. The molecule has 0 bridgehead atoms. The lowest BCUT2D eigenvalue weighted by Crippen LogP contribution is -2.49. The number of aliphatic hydroxyl groups is 1. The molecule has 0 radical (unpaired) electrons. The summed E-state index contributed by atoms with van der Waals surface area (Å²) in [5.41, 5.74) is 0.0208. The van der Waals surface area contributed by atoms with Crippen molar-refractivity contribution in [3.05, 3.63) is 12.2 Å². The molecule has 0 amide bonds. The highest BCUT2D eigenvalue weighted by Gasteiger charge is 2.40. The van der Waals surface area contributed by atoms with Crippen molar-refractivity contribution in [1.29, 1.82) is 0 Å². The summed E-state index contributed by atoms with van der Waals surface area (Å²) < 4.78 is 0. The average Bonchev–Trinajstić information content (AvgIpc) is 2.16. The zero-order valence-electron chi connectivity index (χ0n) is 9.83. The van der Waals surface area contributed by atoms with Crippen LogP contribution in [-0.4, -0.2) is 36.2 Å². The maximum Gasteiger partial charge on any atom is 0.0609 e. The Morgan fingerprint density at radius 1 is 1.57 bits per heavy atom. The van der Waals surface area contributed by atoms with E-state index >= 15 is 0 Å². The molecule has 0 aromatic carbocycles. The third-order valence-corrected chi connectivity index (χ3v) is 3.55. The molecule has 0 aromatic rings. The number of nitrogens with zero attached hydrogens (tertiary/aromatic N) is 1. The van der Waals surface area contributed by atoms with E-state index in [1.807, 2.05) is 0 Å². The minimum absolute atomic E-state index is 0.0208. The molecule has 0 unspecified atom stereocenters. The highest BCUT2D eigenvalue weighted by Crippen LogP contribution is 2.39. The van der Waals surface area contributed by atoms with Crippen LogP contribution in [0.5, 0.6) is 0 Å². The molecular formula is C12H23NO. The second kappa shape index (κ2) is 4.45. The summed E-state index contributed by atoms with van der Waals surface area (Å²) >= 11 is 0. The van der Waals surface area contributed by atoms with E-state index in [2.05, 4.69) is 45.0 Å². The van der Waals surface area contributed by atoms with Crippen LogP contribution in [0.15, 0.2) is 12.2 Å². The van der Waals surface area contributed by atoms with E-state index in [0.717, 1.165) is 19.3 Å². The molecule has 1 rings (SSSR count). The number of rotatable bonds is 3. The molecule has 3 atom stereocenters. The summed E-state index contributed by atoms with van der Waals surface area (Å²) in [7, 11) is 4.17. The van der Waals surface area contributed by atoms with Gasteiger partial charge in [-0.2, -0.15) is 0 Å². The zero-order valence-corrected chi connectivity index (χ0v) is 9.83. The maximum absolute atomic E-state index is 10.1. The van der Waals surface area contributed by atoms with Crippen molar-refractivity contribution in [2.24, 2.45) is 5.41 Å². The lowest BCUT2D eigenvalue weighted by atomic mass is 9.69. The zero-order chi connectivity index (χ0) is 10.8. The van der Waals surface area contributed by atoms with Gasteiger partial charge in [0, 0.05) is 11.5 Å². The number of hydrogen-bond donors (Lipinski definition) is 1. The van der Waals surface area contributed by atoms with E-state index in [9.17, 15) is 5.11 Å². The van der Waals surface area contributed by atoms with Gasteiger partial charge in [0.2, 0.25) is 0 Å². The number of hydrogen-bond acceptors (Lipinski definition) is 2. The molecule has 0 aliphatic heterocycles. The van der Waals surface area contributed by atoms with Crippen molar-refractivity contribution in [1.82, 2.24) is 4.90 Å². The minimum Gasteiger partial charge on any atom is -0.392 e. The summed E-state index contributed by atoms with van der Waals surface area (Å²) in [6.45, 7) is 4.26. The molecule has 0 spiro atoms. The first-order chi connectivity index (χ1) is 6.52. The van der Waals surface area contributed by atoms with Gasteiger partial charge in [0.25, 0.3) is 0 Å². The summed E-state index contributed by atoms with van der Waals surface area (Å²) in [5, 5.41) is 10.1. The number of aliphatic hydroxyl groups excluding tert-OH is 1. The van der Waals surface area contributed by atoms with E-state index in [-0.39, 0.29) is 11.5 Å². The lowest BCUT2D eigenvalue weighted by molar-refractivity contribution is -0.0165. The molecule has 0 saturated heterocycles. The molecule has 14 heavy (non-hydrogen) atoms. The first-order valence-electron chi connectivity index (χ1n) is 5.53. The van der Waals surface area contributed by atoms with Crippen LogP contribution in [0, 0.1) is 5.41 Å². The van der Waals surface area contributed by atoms with Crippen molar-refractivity contribution in [2.75, 3.05) is 14.1 Å². The van der Waals surface area contributed by atoms with Gasteiger partial charge in [-0.1, -0.05) is 26.0 Å². The standard InChI is InChI=1S/C12H23NO/c1-5-11(14)12(2)9-7-6-8-10(12)13(3)4/h6,8,10-11,14H,5,7,9H2,1-4H3/t10-,11-,12+/m1/s1. The Labute approximate surface area is 87.6 Å². The third-order valence-electron chi connectivity index (χ3n) is 3.55. The van der Waals surface area contributed by atoms with Gasteiger partial charge >= 0.3 is 0 Å². The van der Waals surface area contributed by atoms with Gasteiger partial charge in [0.05, 0.1) is 6.10 Å². The highest BCUT2D eigenvalue weighted by molar-refractivity contribution is 5.09. The van der Waals surface area contributed by atoms with Crippen LogP contribution in [0.1, 0.15) is 33.1 Å². The molecule has 82 valence electrons. The fourth-order valence-corrected chi connectivity index (χ4v) is 2.58. The summed E-state index contributed by atoms with van der Waals surface area (Å²) in [6, 6.07) is 0.367. The van der Waals surface area contributed by atoms with Crippen LogP contribution < -0.4 is 0 Å². The van der Waals surface area contributed by atoms with Crippen LogP contribution in [0.4, 0.5) is 0 Å². The molecule has 2 nitrogen and oxygen atoms in total. The van der Waals surface area contributed by atoms with Crippen LogP contribution in [0.3, 0.4) is 0 Å². The fraction of sp³-hybridized carbons (Fsp3) is 0.833. The largest absolute Gasteiger partial charge is 0.392 e. The van der Waals surface area contributed by atoms with Crippen LogP contribution >= 0.6 is 0 Å². The molecular weight excluding hydrogens is 174 g/mol. The third kappa shape index (κ3) is 2.01. The smallest absolute Gasteiger partial charge is 0.0609 e. The Morgan fingerprint density at radius 2 is 2.21 bits per heavy atom. The average molecular weight is 197 g/mol. The van der Waals surface area contributed by atoms with E-state index in [4.69, 9.17) is 0 Å². The Balaban J connectivity index is 2.88. The van der Waals surface area contributed by atoms with Crippen molar-refractivity contribution in [2.45, 2.75) is 45.3 Å². The van der Waals surface area contributed by atoms with Gasteiger partial charge < -0.3 is 10.0 Å².